The quantitative estimate of drug-likeness (QED) is 0.126. The number of hydrogen-bond acceptors (Lipinski definition) is 10. The van der Waals surface area contributed by atoms with Crippen molar-refractivity contribution in [3.63, 3.8) is 0 Å². The molecule has 2 saturated heterocycles. The molecule has 0 saturated carbocycles. The molecule has 0 radical (unpaired) electrons. The minimum atomic E-state index is -0.370. The van der Waals surface area contributed by atoms with Crippen molar-refractivity contribution in [2.45, 2.75) is 24.3 Å². The second-order valence-electron chi connectivity index (χ2n) is 20.7. The first-order chi connectivity index (χ1) is 40.9. The summed E-state index contributed by atoms with van der Waals surface area (Å²) in [5.41, 5.74) is 14.4. The fraction of sp³-hybridized carbons (Fsp3) is 0.250. The summed E-state index contributed by atoms with van der Waals surface area (Å²) >= 11 is 13.2. The molecule has 4 aliphatic rings. The van der Waals surface area contributed by atoms with Crippen LogP contribution in [-0.4, -0.2) is 127 Å². The van der Waals surface area contributed by atoms with Crippen molar-refractivity contribution in [3.8, 4) is 0 Å². The molecular weight excluding hydrogens is 1100 g/mol. The number of benzene rings is 4. The van der Waals surface area contributed by atoms with Crippen LogP contribution in [-0.2, 0) is 23.6 Å². The normalized spacial score (nSPS) is 17.3. The molecule has 84 heavy (non-hydrogen) atoms. The number of anilines is 2. The van der Waals surface area contributed by atoms with E-state index in [2.05, 4.69) is 76.5 Å². The van der Waals surface area contributed by atoms with Gasteiger partial charge in [-0.3, -0.25) is 19.8 Å². The predicted molar refractivity (Wildman–Crippen MR) is 326 cm³/mol. The Labute approximate surface area is 497 Å². The van der Waals surface area contributed by atoms with Gasteiger partial charge >= 0.3 is 12.1 Å². The Morgan fingerprint density at radius 2 is 0.964 bits per heavy atom. The van der Waals surface area contributed by atoms with Crippen LogP contribution in [0.4, 0.5) is 32.3 Å². The Hall–Kier alpha value is -8.98. The summed E-state index contributed by atoms with van der Waals surface area (Å²) in [6.07, 6.45) is 14.4. The molecule has 2 N–H and O–H groups in total. The van der Waals surface area contributed by atoms with Crippen LogP contribution in [0, 0.1) is 13.1 Å². The Bertz CT molecular complexity index is 3620. The van der Waals surface area contributed by atoms with Gasteiger partial charge in [0.15, 0.2) is 11.4 Å². The molecule has 18 nitrogen and oxygen atoms in total. The molecule has 8 aromatic rings. The van der Waals surface area contributed by atoms with E-state index < -0.39 is 0 Å². The second kappa shape index (κ2) is 25.3. The van der Waals surface area contributed by atoms with Crippen molar-refractivity contribution in [3.05, 3.63) is 236 Å². The first-order valence-corrected chi connectivity index (χ1v) is 28.1. The Morgan fingerprint density at radius 1 is 0.571 bits per heavy atom. The largest absolute Gasteiger partial charge is 0.370 e. The summed E-state index contributed by atoms with van der Waals surface area (Å²) in [5.74, 6) is 0. The number of amides is 4. The van der Waals surface area contributed by atoms with Crippen LogP contribution in [0.5, 0.6) is 0 Å². The number of hydrogen-bond donors (Lipinski definition) is 2. The molecule has 4 atom stereocenters. The van der Waals surface area contributed by atoms with Crippen molar-refractivity contribution in [2.75, 3.05) is 77.2 Å². The van der Waals surface area contributed by atoms with Gasteiger partial charge in [-0.15, -0.1) is 0 Å². The summed E-state index contributed by atoms with van der Waals surface area (Å²) in [6, 6.07) is 33.3. The topological polar surface area (TPSA) is 160 Å². The Balaban J connectivity index is 0.000000175. The number of fused-ring (bicyclic) bond motifs is 4. The minimum absolute atomic E-state index is 0.141. The molecule has 0 spiro atoms. The van der Waals surface area contributed by atoms with Crippen molar-refractivity contribution in [2.24, 2.45) is 14.1 Å². The van der Waals surface area contributed by atoms with Gasteiger partial charge in [0.2, 0.25) is 0 Å². The molecule has 2 aliphatic carbocycles. The molecule has 4 amide bonds. The predicted octanol–water partition coefficient (Wildman–Crippen LogP) is 12.4. The van der Waals surface area contributed by atoms with E-state index in [1.165, 1.54) is 0 Å². The van der Waals surface area contributed by atoms with Gasteiger partial charge < -0.3 is 39.0 Å². The third kappa shape index (κ3) is 11.8. The summed E-state index contributed by atoms with van der Waals surface area (Å²) in [6.45, 7) is 19.1. The van der Waals surface area contributed by atoms with Gasteiger partial charge in [0.25, 0.3) is 0 Å². The average Bonchev–Trinajstić information content (AvgIpc) is 2.68. The molecular formula is C64H60Cl2N14O4. The number of rotatable bonds is 10. The molecule has 2 aliphatic heterocycles. The van der Waals surface area contributed by atoms with Gasteiger partial charge in [-0.05, 0) is 117 Å². The molecule has 20 heteroatoms. The van der Waals surface area contributed by atoms with Crippen LogP contribution in [0.3, 0.4) is 0 Å². The van der Waals surface area contributed by atoms with Gasteiger partial charge in [0, 0.05) is 114 Å². The van der Waals surface area contributed by atoms with E-state index in [0.29, 0.717) is 85.2 Å². The fourth-order valence-electron chi connectivity index (χ4n) is 11.6. The standard InChI is InChI=1S/2C32H30ClN7O2/c2*1-34-23-7-9-24(10-8-23)37-32(41)40-15-13-39(14-16-40)30-25-11-6-22(33)18-26(25)27(17-21-5-4-12-36-29(21)30)31(42-3)28-19-35-20-38(28)2/h2*4-12,17-20,30-31H,13-16H2,2-3H3,(H,37,41)/t2*30-,31?/m00/s1. The molecule has 12 rings (SSSR count). The molecule has 4 aromatic carbocycles. The Morgan fingerprint density at radius 3 is 1.31 bits per heavy atom. The lowest BCUT2D eigenvalue weighted by Crippen LogP contribution is -2.51. The van der Waals surface area contributed by atoms with Crippen LogP contribution in [0.1, 0.15) is 80.4 Å². The van der Waals surface area contributed by atoms with E-state index in [1.807, 2.05) is 94.2 Å². The number of pyridine rings is 2. The summed E-state index contributed by atoms with van der Waals surface area (Å²) in [5, 5.41) is 7.20. The summed E-state index contributed by atoms with van der Waals surface area (Å²) < 4.78 is 16.1. The van der Waals surface area contributed by atoms with Crippen molar-refractivity contribution < 1.29 is 19.1 Å². The van der Waals surface area contributed by atoms with Crippen LogP contribution >= 0.6 is 23.2 Å². The number of carbonyl (C=O) groups excluding carboxylic acids is 2. The SMILES string of the molecule is [C-]#[N+]c1ccc(NC(=O)N2CCN([C@H]3c4ccc(Cl)cc4C(C(OC)c4cncn4C)=Cc4cccnc43)CC2)cc1.[C-]#[N+]c1ccc(NC(=O)N2CCN([C@H]3c4ccc(Cl)cc4C(C(OC)c4cncn4C)=Cc4cccnc43)CC2)cc1. The number of imidazole rings is 2. The van der Waals surface area contributed by atoms with Crippen molar-refractivity contribution in [1.82, 2.24) is 48.7 Å². The van der Waals surface area contributed by atoms with Gasteiger partial charge in [-0.1, -0.05) is 71.7 Å². The number of halogens is 2. The highest BCUT2D eigenvalue weighted by Crippen LogP contribution is 2.47. The number of methoxy groups -OCH3 is 2. The second-order valence-corrected chi connectivity index (χ2v) is 21.6. The number of urea groups is 2. The zero-order valence-electron chi connectivity index (χ0n) is 46.7. The van der Waals surface area contributed by atoms with Crippen molar-refractivity contribution >= 4 is 81.3 Å². The van der Waals surface area contributed by atoms with Crippen molar-refractivity contribution in [1.29, 1.82) is 0 Å². The maximum Gasteiger partial charge on any atom is 0.321 e. The highest BCUT2D eigenvalue weighted by atomic mass is 35.5. The van der Waals surface area contributed by atoms with E-state index in [0.717, 1.165) is 67.3 Å². The number of aryl methyl sites for hydroxylation is 2. The number of aromatic nitrogens is 6. The zero-order chi connectivity index (χ0) is 58.4. The number of nitrogens with zero attached hydrogens (tertiary/aromatic N) is 12. The lowest BCUT2D eigenvalue weighted by atomic mass is 9.91. The van der Waals surface area contributed by atoms with E-state index >= 15 is 0 Å². The van der Waals surface area contributed by atoms with Crippen LogP contribution < -0.4 is 10.6 Å². The van der Waals surface area contributed by atoms with Gasteiger partial charge in [0.05, 0.1) is 73.1 Å². The smallest absolute Gasteiger partial charge is 0.321 e. The lowest BCUT2D eigenvalue weighted by molar-refractivity contribution is 0.124. The first kappa shape index (κ1) is 56.9. The fourth-order valence-corrected chi connectivity index (χ4v) is 12.0. The summed E-state index contributed by atoms with van der Waals surface area (Å²) in [4.78, 5) is 59.8. The highest BCUT2D eigenvalue weighted by molar-refractivity contribution is 6.31. The molecule has 424 valence electrons. The van der Waals surface area contributed by atoms with Gasteiger partial charge in [-0.25, -0.2) is 29.2 Å². The minimum Gasteiger partial charge on any atom is -0.370 e. The highest BCUT2D eigenvalue weighted by Gasteiger charge is 2.38. The molecule has 2 unspecified atom stereocenters. The zero-order valence-corrected chi connectivity index (χ0v) is 48.2. The number of carbonyl (C=O) groups is 2. The summed E-state index contributed by atoms with van der Waals surface area (Å²) in [7, 11) is 7.33. The van der Waals surface area contributed by atoms with E-state index in [9.17, 15) is 9.59 Å². The molecule has 6 heterocycles. The average molecular weight is 1160 g/mol. The van der Waals surface area contributed by atoms with Crippen LogP contribution in [0.25, 0.3) is 33.0 Å². The van der Waals surface area contributed by atoms with Crippen LogP contribution in [0.2, 0.25) is 10.0 Å². The van der Waals surface area contributed by atoms with Gasteiger partial charge in [0.1, 0.15) is 12.2 Å². The van der Waals surface area contributed by atoms with E-state index in [4.69, 9.17) is 55.8 Å². The van der Waals surface area contributed by atoms with E-state index in [1.54, 1.807) is 75.4 Å². The number of ether oxygens (including phenoxy) is 2. The number of nitrogens with one attached hydrogen (secondary N) is 2. The third-order valence-corrected chi connectivity index (χ3v) is 16.3. The molecule has 2 fully saturated rings. The lowest BCUT2D eigenvalue weighted by Gasteiger charge is -2.39. The Kier molecular flexibility index (Phi) is 17.1. The monoisotopic (exact) mass is 1160 g/mol. The first-order valence-electron chi connectivity index (χ1n) is 27.4. The molecule has 0 bridgehead atoms. The van der Waals surface area contributed by atoms with Crippen LogP contribution in [0.15, 0.2) is 147 Å². The van der Waals surface area contributed by atoms with Gasteiger partial charge in [-0.2, -0.15) is 0 Å². The van der Waals surface area contributed by atoms with E-state index in [-0.39, 0.29) is 36.4 Å². The molecule has 4 aromatic heterocycles. The third-order valence-electron chi connectivity index (χ3n) is 15.8. The number of piperazine rings is 2. The maximum atomic E-state index is 13.1. The maximum absolute atomic E-state index is 13.1.